The van der Waals surface area contributed by atoms with Crippen molar-refractivity contribution in [3.05, 3.63) is 29.8 Å². The van der Waals surface area contributed by atoms with E-state index in [9.17, 15) is 14.4 Å². The van der Waals surface area contributed by atoms with Crippen molar-refractivity contribution in [3.8, 4) is 6.07 Å². The van der Waals surface area contributed by atoms with Crippen LogP contribution in [0.25, 0.3) is 0 Å². The van der Waals surface area contributed by atoms with Crippen molar-refractivity contribution in [3.63, 3.8) is 0 Å². The SMILES string of the molecule is CC(C)(C)OC(=O)CCNC(=O)N[C@H]1CCN(c2ccc(C#N)cc2)C1=O. The molecule has 0 radical (unpaired) electrons. The number of rotatable bonds is 5. The van der Waals surface area contributed by atoms with Crippen molar-refractivity contribution in [1.82, 2.24) is 10.6 Å². The number of hydrogen-bond acceptors (Lipinski definition) is 5. The molecule has 0 saturated carbocycles. The number of amides is 3. The van der Waals surface area contributed by atoms with Gasteiger partial charge in [-0.2, -0.15) is 5.26 Å². The Morgan fingerprint density at radius 1 is 1.30 bits per heavy atom. The zero-order valence-corrected chi connectivity index (χ0v) is 15.7. The van der Waals surface area contributed by atoms with Gasteiger partial charge in [-0.15, -0.1) is 0 Å². The maximum absolute atomic E-state index is 12.5. The smallest absolute Gasteiger partial charge is 0.315 e. The van der Waals surface area contributed by atoms with Gasteiger partial charge >= 0.3 is 12.0 Å². The molecule has 27 heavy (non-hydrogen) atoms. The number of carbonyl (C=O) groups is 3. The number of nitrogens with one attached hydrogen (secondary N) is 2. The minimum absolute atomic E-state index is 0.0562. The first kappa shape index (κ1) is 20.2. The van der Waals surface area contributed by atoms with Gasteiger partial charge in [0.15, 0.2) is 0 Å². The molecule has 3 amide bonds. The van der Waals surface area contributed by atoms with Crippen LogP contribution in [0.2, 0.25) is 0 Å². The predicted octanol–water partition coefficient (Wildman–Crippen LogP) is 1.69. The molecule has 1 fully saturated rings. The van der Waals surface area contributed by atoms with Gasteiger partial charge in [0, 0.05) is 18.8 Å². The van der Waals surface area contributed by atoms with E-state index < -0.39 is 23.6 Å². The van der Waals surface area contributed by atoms with E-state index in [-0.39, 0.29) is 18.9 Å². The van der Waals surface area contributed by atoms with Crippen LogP contribution in [0.15, 0.2) is 24.3 Å². The summed E-state index contributed by atoms with van der Waals surface area (Å²) in [6, 6.07) is 7.61. The van der Waals surface area contributed by atoms with E-state index in [1.165, 1.54) is 0 Å². The maximum atomic E-state index is 12.5. The molecule has 1 saturated heterocycles. The standard InChI is InChI=1S/C19H24N4O4/c1-19(2,3)27-16(24)8-10-21-18(26)22-15-9-11-23(17(15)25)14-6-4-13(12-20)5-7-14/h4-7,15H,8-11H2,1-3H3,(H2,21,22,26)/t15-/m0/s1. The van der Waals surface area contributed by atoms with E-state index >= 15 is 0 Å². The van der Waals surface area contributed by atoms with Crippen molar-refractivity contribution in [2.45, 2.75) is 45.3 Å². The molecular formula is C19H24N4O4. The van der Waals surface area contributed by atoms with Gasteiger partial charge in [0.1, 0.15) is 11.6 Å². The molecule has 2 N–H and O–H groups in total. The molecule has 1 aromatic rings. The molecule has 1 atom stereocenters. The summed E-state index contributed by atoms with van der Waals surface area (Å²) in [5.41, 5.74) is 0.642. The first-order valence-corrected chi connectivity index (χ1v) is 8.77. The Morgan fingerprint density at radius 2 is 1.96 bits per heavy atom. The monoisotopic (exact) mass is 372 g/mol. The number of benzene rings is 1. The van der Waals surface area contributed by atoms with Gasteiger partial charge in [-0.25, -0.2) is 4.79 Å². The van der Waals surface area contributed by atoms with Gasteiger partial charge in [-0.1, -0.05) is 0 Å². The second-order valence-corrected chi connectivity index (χ2v) is 7.23. The van der Waals surface area contributed by atoms with Crippen LogP contribution < -0.4 is 15.5 Å². The molecule has 1 aliphatic rings. The molecule has 1 aromatic carbocycles. The summed E-state index contributed by atoms with van der Waals surface area (Å²) in [5.74, 6) is -0.603. The van der Waals surface area contributed by atoms with E-state index in [0.717, 1.165) is 0 Å². The number of carbonyl (C=O) groups excluding carboxylic acids is 3. The van der Waals surface area contributed by atoms with Crippen LogP contribution in [-0.4, -0.2) is 42.6 Å². The third-order valence-electron chi connectivity index (χ3n) is 3.85. The van der Waals surface area contributed by atoms with E-state index in [1.54, 1.807) is 49.9 Å². The van der Waals surface area contributed by atoms with Crippen molar-refractivity contribution < 1.29 is 19.1 Å². The average Bonchev–Trinajstić information content (AvgIpc) is 2.94. The van der Waals surface area contributed by atoms with Crippen molar-refractivity contribution >= 4 is 23.6 Å². The van der Waals surface area contributed by atoms with Crippen LogP contribution in [0.1, 0.15) is 39.2 Å². The second kappa shape index (κ2) is 8.54. The van der Waals surface area contributed by atoms with Gasteiger partial charge in [-0.3, -0.25) is 9.59 Å². The third-order valence-corrected chi connectivity index (χ3v) is 3.85. The molecule has 0 bridgehead atoms. The maximum Gasteiger partial charge on any atom is 0.315 e. The highest BCUT2D eigenvalue weighted by atomic mass is 16.6. The Balaban J connectivity index is 1.79. The summed E-state index contributed by atoms with van der Waals surface area (Å²) in [6.45, 7) is 5.93. The first-order chi connectivity index (χ1) is 12.7. The van der Waals surface area contributed by atoms with Crippen LogP contribution in [-0.2, 0) is 14.3 Å². The van der Waals surface area contributed by atoms with Crippen molar-refractivity contribution in [2.24, 2.45) is 0 Å². The van der Waals surface area contributed by atoms with E-state index in [2.05, 4.69) is 10.6 Å². The molecule has 0 unspecified atom stereocenters. The van der Waals surface area contributed by atoms with Gasteiger partial charge < -0.3 is 20.3 Å². The molecule has 1 aliphatic heterocycles. The van der Waals surface area contributed by atoms with Crippen LogP contribution >= 0.6 is 0 Å². The number of urea groups is 1. The lowest BCUT2D eigenvalue weighted by atomic mass is 10.2. The van der Waals surface area contributed by atoms with Gasteiger partial charge in [-0.05, 0) is 51.5 Å². The van der Waals surface area contributed by atoms with Crippen molar-refractivity contribution in [2.75, 3.05) is 18.0 Å². The lowest BCUT2D eigenvalue weighted by Gasteiger charge is -2.19. The fourth-order valence-corrected chi connectivity index (χ4v) is 2.67. The minimum Gasteiger partial charge on any atom is -0.460 e. The Kier molecular flexibility index (Phi) is 6.40. The summed E-state index contributed by atoms with van der Waals surface area (Å²) < 4.78 is 5.16. The predicted molar refractivity (Wildman–Crippen MR) is 98.9 cm³/mol. The topological polar surface area (TPSA) is 112 Å². The van der Waals surface area contributed by atoms with Crippen LogP contribution in [0.3, 0.4) is 0 Å². The lowest BCUT2D eigenvalue weighted by Crippen LogP contribution is -2.46. The molecule has 0 aliphatic carbocycles. The summed E-state index contributed by atoms with van der Waals surface area (Å²) in [4.78, 5) is 37.6. The van der Waals surface area contributed by atoms with E-state index in [4.69, 9.17) is 10.00 Å². The fourth-order valence-electron chi connectivity index (χ4n) is 2.67. The van der Waals surface area contributed by atoms with Crippen LogP contribution in [0.5, 0.6) is 0 Å². The number of ether oxygens (including phenoxy) is 1. The van der Waals surface area contributed by atoms with Crippen LogP contribution in [0, 0.1) is 11.3 Å². The zero-order valence-electron chi connectivity index (χ0n) is 15.7. The quantitative estimate of drug-likeness (QED) is 0.764. The summed E-state index contributed by atoms with van der Waals surface area (Å²) >= 11 is 0. The largest absolute Gasteiger partial charge is 0.460 e. The molecule has 0 aromatic heterocycles. The number of nitriles is 1. The first-order valence-electron chi connectivity index (χ1n) is 8.77. The molecule has 2 rings (SSSR count). The van der Waals surface area contributed by atoms with Gasteiger partial charge in [0.05, 0.1) is 18.1 Å². The van der Waals surface area contributed by atoms with Crippen LogP contribution in [0.4, 0.5) is 10.5 Å². The molecule has 8 heteroatoms. The summed E-state index contributed by atoms with van der Waals surface area (Å²) in [6.07, 6.45) is 0.541. The summed E-state index contributed by atoms with van der Waals surface area (Å²) in [7, 11) is 0. The zero-order chi connectivity index (χ0) is 20.0. The van der Waals surface area contributed by atoms with E-state index in [1.807, 2.05) is 6.07 Å². The highest BCUT2D eigenvalue weighted by Crippen LogP contribution is 2.22. The molecule has 8 nitrogen and oxygen atoms in total. The average molecular weight is 372 g/mol. The fraction of sp³-hybridized carbons (Fsp3) is 0.474. The summed E-state index contributed by atoms with van der Waals surface area (Å²) in [5, 5.41) is 14.0. The van der Waals surface area contributed by atoms with E-state index in [0.29, 0.717) is 24.2 Å². The molecule has 0 spiro atoms. The lowest BCUT2D eigenvalue weighted by molar-refractivity contribution is -0.154. The molecule has 1 heterocycles. The van der Waals surface area contributed by atoms with Crippen molar-refractivity contribution in [1.29, 1.82) is 5.26 Å². The molecular weight excluding hydrogens is 348 g/mol. The number of nitrogens with zero attached hydrogens (tertiary/aromatic N) is 2. The third kappa shape index (κ3) is 5.99. The Labute approximate surface area is 158 Å². The number of anilines is 1. The normalized spacial score (nSPS) is 16.6. The second-order valence-electron chi connectivity index (χ2n) is 7.23. The highest BCUT2D eigenvalue weighted by molar-refractivity contribution is 6.01. The number of hydrogen-bond donors (Lipinski definition) is 2. The molecule has 144 valence electrons. The minimum atomic E-state index is -0.623. The Morgan fingerprint density at radius 3 is 2.56 bits per heavy atom. The highest BCUT2D eigenvalue weighted by Gasteiger charge is 2.33. The Hall–Kier alpha value is -3.08. The number of esters is 1. The van der Waals surface area contributed by atoms with Gasteiger partial charge in [0.2, 0.25) is 5.91 Å². The Bertz CT molecular complexity index is 746. The van der Waals surface area contributed by atoms with Gasteiger partial charge in [0.25, 0.3) is 0 Å².